The van der Waals surface area contributed by atoms with Gasteiger partial charge in [-0.3, -0.25) is 4.79 Å². The number of hydrogen-bond donors (Lipinski definition) is 1. The number of carbonyl (C=O) groups is 1. The van der Waals surface area contributed by atoms with Gasteiger partial charge < -0.3 is 9.72 Å². The molecule has 0 saturated heterocycles. The summed E-state index contributed by atoms with van der Waals surface area (Å²) in [6.45, 7) is 4.22. The molecule has 2 heterocycles. The van der Waals surface area contributed by atoms with Crippen molar-refractivity contribution in [3.05, 3.63) is 66.1 Å². The number of amides is 1. The zero-order valence-corrected chi connectivity index (χ0v) is 12.1. The second-order valence-electron chi connectivity index (χ2n) is 5.28. The smallest absolute Gasteiger partial charge is 0.259 e. The largest absolute Gasteiger partial charge is 0.322 e. The van der Waals surface area contributed by atoms with Gasteiger partial charge in [-0.1, -0.05) is 32.0 Å². The predicted molar refractivity (Wildman–Crippen MR) is 83.7 cm³/mol. The summed E-state index contributed by atoms with van der Waals surface area (Å²) < 4.78 is 1.84. The second kappa shape index (κ2) is 5.40. The molecule has 0 bridgehead atoms. The van der Waals surface area contributed by atoms with Crippen LogP contribution >= 0.6 is 0 Å². The van der Waals surface area contributed by atoms with E-state index in [1.165, 1.54) is 0 Å². The van der Waals surface area contributed by atoms with Crippen molar-refractivity contribution in [2.24, 2.45) is 0 Å². The molecule has 0 aliphatic rings. The third kappa shape index (κ3) is 2.52. The summed E-state index contributed by atoms with van der Waals surface area (Å²) in [6, 6.07) is 11.5. The Hall–Kier alpha value is -2.62. The predicted octanol–water partition coefficient (Wildman–Crippen LogP) is 3.71. The van der Waals surface area contributed by atoms with E-state index < -0.39 is 0 Å². The average Bonchev–Trinajstić information content (AvgIpc) is 2.95. The lowest BCUT2D eigenvalue weighted by molar-refractivity contribution is 0.102. The molecule has 1 N–H and O–H groups in total. The van der Waals surface area contributed by atoms with Crippen molar-refractivity contribution in [2.75, 3.05) is 5.32 Å². The van der Waals surface area contributed by atoms with Gasteiger partial charge in [0.05, 0.1) is 5.56 Å². The van der Waals surface area contributed by atoms with Crippen LogP contribution in [-0.4, -0.2) is 15.3 Å². The molecule has 0 spiro atoms. The van der Waals surface area contributed by atoms with Crippen LogP contribution in [0.1, 0.15) is 35.7 Å². The number of nitrogens with one attached hydrogen (secondary N) is 1. The Bertz CT molecular complexity index is 789. The van der Waals surface area contributed by atoms with Crippen LogP contribution in [0.4, 0.5) is 5.69 Å². The molecule has 2 aromatic heterocycles. The lowest BCUT2D eigenvalue weighted by Crippen LogP contribution is -2.15. The van der Waals surface area contributed by atoms with Crippen molar-refractivity contribution in [1.82, 2.24) is 9.38 Å². The number of imidazole rings is 1. The maximum atomic E-state index is 12.5. The molecule has 4 heteroatoms. The first-order chi connectivity index (χ1) is 10.2. The maximum absolute atomic E-state index is 12.5. The minimum Gasteiger partial charge on any atom is -0.322 e. The van der Waals surface area contributed by atoms with Crippen molar-refractivity contribution in [2.45, 2.75) is 19.8 Å². The topological polar surface area (TPSA) is 46.4 Å². The van der Waals surface area contributed by atoms with E-state index in [2.05, 4.69) is 24.1 Å². The highest BCUT2D eigenvalue weighted by atomic mass is 16.1. The van der Waals surface area contributed by atoms with E-state index in [1.807, 2.05) is 47.1 Å². The molecular weight excluding hydrogens is 262 g/mol. The first-order valence-electron chi connectivity index (χ1n) is 6.99. The fourth-order valence-corrected chi connectivity index (χ4v) is 2.43. The number of para-hydroxylation sites is 1. The Morgan fingerprint density at radius 1 is 1.14 bits per heavy atom. The number of rotatable bonds is 3. The van der Waals surface area contributed by atoms with E-state index in [9.17, 15) is 4.79 Å². The maximum Gasteiger partial charge on any atom is 0.259 e. The summed E-state index contributed by atoms with van der Waals surface area (Å²) in [4.78, 5) is 16.8. The van der Waals surface area contributed by atoms with Crippen molar-refractivity contribution in [1.29, 1.82) is 0 Å². The van der Waals surface area contributed by atoms with Crippen molar-refractivity contribution in [3.63, 3.8) is 0 Å². The normalized spacial score (nSPS) is 11.0. The Balaban J connectivity index is 1.96. The Labute approximate surface area is 123 Å². The minimum atomic E-state index is -0.139. The van der Waals surface area contributed by atoms with Gasteiger partial charge in [-0.15, -0.1) is 0 Å². The Morgan fingerprint density at radius 2 is 1.95 bits per heavy atom. The first kappa shape index (κ1) is 13.4. The molecule has 0 aliphatic carbocycles. The van der Waals surface area contributed by atoms with Gasteiger partial charge in [-0.2, -0.15) is 0 Å². The van der Waals surface area contributed by atoms with E-state index in [1.54, 1.807) is 12.3 Å². The van der Waals surface area contributed by atoms with Crippen LogP contribution < -0.4 is 5.32 Å². The second-order valence-corrected chi connectivity index (χ2v) is 5.28. The summed E-state index contributed by atoms with van der Waals surface area (Å²) in [5, 5.41) is 3.00. The highest BCUT2D eigenvalue weighted by Gasteiger charge is 2.14. The number of hydrogen-bond acceptors (Lipinski definition) is 2. The monoisotopic (exact) mass is 279 g/mol. The molecule has 21 heavy (non-hydrogen) atoms. The molecule has 0 unspecified atom stereocenters. The average molecular weight is 279 g/mol. The van der Waals surface area contributed by atoms with Crippen LogP contribution in [0.2, 0.25) is 0 Å². The fraction of sp³-hybridized carbons (Fsp3) is 0.176. The van der Waals surface area contributed by atoms with Gasteiger partial charge in [0.2, 0.25) is 0 Å². The van der Waals surface area contributed by atoms with Crippen molar-refractivity contribution < 1.29 is 4.79 Å². The highest BCUT2D eigenvalue weighted by Crippen LogP contribution is 2.24. The van der Waals surface area contributed by atoms with Gasteiger partial charge in [-0.05, 0) is 29.7 Å². The molecule has 1 aromatic carbocycles. The molecule has 0 saturated carbocycles. The summed E-state index contributed by atoms with van der Waals surface area (Å²) in [5.74, 6) is 0.212. The Kier molecular flexibility index (Phi) is 3.44. The van der Waals surface area contributed by atoms with Crippen LogP contribution in [0.15, 0.2) is 55.0 Å². The van der Waals surface area contributed by atoms with Crippen molar-refractivity contribution in [3.8, 4) is 0 Å². The van der Waals surface area contributed by atoms with Crippen LogP contribution in [0, 0.1) is 0 Å². The van der Waals surface area contributed by atoms with Crippen LogP contribution in [0.25, 0.3) is 5.65 Å². The van der Waals surface area contributed by atoms with Crippen LogP contribution in [-0.2, 0) is 0 Å². The zero-order valence-electron chi connectivity index (χ0n) is 12.1. The molecule has 0 radical (unpaired) electrons. The molecule has 0 fully saturated rings. The molecule has 0 aliphatic heterocycles. The number of pyridine rings is 1. The van der Waals surface area contributed by atoms with E-state index in [0.717, 1.165) is 11.3 Å². The van der Waals surface area contributed by atoms with E-state index in [0.29, 0.717) is 17.1 Å². The first-order valence-corrected chi connectivity index (χ1v) is 6.99. The van der Waals surface area contributed by atoms with Gasteiger partial charge in [0.1, 0.15) is 5.65 Å². The number of fused-ring (bicyclic) bond motifs is 1. The molecule has 0 atom stereocenters. The van der Waals surface area contributed by atoms with Gasteiger partial charge in [-0.25, -0.2) is 4.98 Å². The molecule has 4 nitrogen and oxygen atoms in total. The fourth-order valence-electron chi connectivity index (χ4n) is 2.43. The number of aromatic nitrogens is 2. The standard InChI is InChI=1S/C17H17N3O/c1-12(2)13-6-3-4-8-15(13)19-17(21)14-7-5-10-20-11-9-18-16(14)20/h3-12H,1-2H3,(H,19,21). The Morgan fingerprint density at radius 3 is 2.76 bits per heavy atom. The summed E-state index contributed by atoms with van der Waals surface area (Å²) in [6.07, 6.45) is 5.39. The summed E-state index contributed by atoms with van der Waals surface area (Å²) in [7, 11) is 0. The SMILES string of the molecule is CC(C)c1ccccc1NC(=O)c1cccn2ccnc12. The van der Waals surface area contributed by atoms with Crippen molar-refractivity contribution >= 4 is 17.2 Å². The highest BCUT2D eigenvalue weighted by molar-refractivity contribution is 6.08. The number of anilines is 1. The summed E-state index contributed by atoms with van der Waals surface area (Å²) in [5.41, 5.74) is 3.21. The quantitative estimate of drug-likeness (QED) is 0.794. The van der Waals surface area contributed by atoms with E-state index in [-0.39, 0.29) is 5.91 Å². The van der Waals surface area contributed by atoms with Crippen LogP contribution in [0.5, 0.6) is 0 Å². The zero-order chi connectivity index (χ0) is 14.8. The third-order valence-electron chi connectivity index (χ3n) is 3.49. The van der Waals surface area contributed by atoms with Gasteiger partial charge in [0.25, 0.3) is 5.91 Å². The van der Waals surface area contributed by atoms with Gasteiger partial charge in [0.15, 0.2) is 0 Å². The number of carbonyl (C=O) groups excluding carboxylic acids is 1. The van der Waals surface area contributed by atoms with Gasteiger partial charge >= 0.3 is 0 Å². The van der Waals surface area contributed by atoms with E-state index >= 15 is 0 Å². The molecule has 3 aromatic rings. The van der Waals surface area contributed by atoms with E-state index in [4.69, 9.17) is 0 Å². The lowest BCUT2D eigenvalue weighted by atomic mass is 10.0. The lowest BCUT2D eigenvalue weighted by Gasteiger charge is -2.13. The third-order valence-corrected chi connectivity index (χ3v) is 3.49. The number of nitrogens with zero attached hydrogens (tertiary/aromatic N) is 2. The molecule has 1 amide bonds. The van der Waals surface area contributed by atoms with Crippen LogP contribution in [0.3, 0.4) is 0 Å². The minimum absolute atomic E-state index is 0.139. The summed E-state index contributed by atoms with van der Waals surface area (Å²) >= 11 is 0. The molecule has 106 valence electrons. The van der Waals surface area contributed by atoms with Gasteiger partial charge in [0, 0.05) is 24.3 Å². The molecule has 3 rings (SSSR count). The molecular formula is C17H17N3O. The number of benzene rings is 1.